The van der Waals surface area contributed by atoms with Crippen LogP contribution < -0.4 is 77.5 Å². The standard InChI is InChI=1S/Hg.2HI.Na/h;2*1H;/q+1;;;+1/p-2. The van der Waals surface area contributed by atoms with E-state index in [9.17, 15) is 0 Å². The second kappa shape index (κ2) is 16.1. The number of hydrogen-bond donors (Lipinski definition) is 0. The molecular weight excluding hydrogens is 477 g/mol. The van der Waals surface area contributed by atoms with Crippen molar-refractivity contribution in [3.05, 3.63) is 0 Å². The Balaban J connectivity index is 0. The normalized spacial score (nSPS) is 0. The van der Waals surface area contributed by atoms with E-state index in [1.807, 2.05) is 0 Å². The molecule has 4 heteroatoms. The fourth-order valence-electron chi connectivity index (χ4n) is 0. The first-order valence-electron chi connectivity index (χ1n) is 0. The maximum absolute atomic E-state index is 0. The maximum Gasteiger partial charge on any atom is 1.00 e. The van der Waals surface area contributed by atoms with Gasteiger partial charge >= 0.3 is 57.2 Å². The molecule has 0 aromatic heterocycles. The molecule has 0 rings (SSSR count). The van der Waals surface area contributed by atoms with Crippen molar-refractivity contribution >= 4 is 0 Å². The third-order valence-corrected chi connectivity index (χ3v) is 0. The predicted molar refractivity (Wildman–Crippen MR) is 0 cm³/mol. The SMILES string of the molecule is [Hg+].[I-].[I-].[Na+]. The van der Waals surface area contributed by atoms with Crippen LogP contribution in [0.4, 0.5) is 0 Å². The van der Waals surface area contributed by atoms with Crippen LogP contribution in [0.3, 0.4) is 0 Å². The Bertz CT molecular complexity index is 6.00. The van der Waals surface area contributed by atoms with E-state index in [1.54, 1.807) is 0 Å². The van der Waals surface area contributed by atoms with Crippen LogP contribution in [0.1, 0.15) is 0 Å². The van der Waals surface area contributed by atoms with Gasteiger partial charge in [-0.3, -0.25) is 0 Å². The van der Waals surface area contributed by atoms with Gasteiger partial charge in [0.15, 0.2) is 0 Å². The minimum Gasteiger partial charge on any atom is -1.00 e. The molecule has 0 fully saturated rings. The van der Waals surface area contributed by atoms with Crippen molar-refractivity contribution in [2.75, 3.05) is 0 Å². The van der Waals surface area contributed by atoms with Gasteiger partial charge in [0.25, 0.3) is 0 Å². The Morgan fingerprint density at radius 2 is 0.750 bits per heavy atom. The van der Waals surface area contributed by atoms with Crippen LogP contribution in [-0.2, 0) is 27.7 Å². The summed E-state index contributed by atoms with van der Waals surface area (Å²) in [5.41, 5.74) is 0. The summed E-state index contributed by atoms with van der Waals surface area (Å²) in [6.07, 6.45) is 0. The van der Waals surface area contributed by atoms with Crippen LogP contribution in [0, 0.1) is 0 Å². The van der Waals surface area contributed by atoms with Gasteiger partial charge in [-0.25, -0.2) is 0 Å². The van der Waals surface area contributed by atoms with Crippen LogP contribution in [0.2, 0.25) is 0 Å². The zero-order valence-electron chi connectivity index (χ0n) is 2.46. The van der Waals surface area contributed by atoms with Crippen molar-refractivity contribution < 1.29 is 105 Å². The largest absolute Gasteiger partial charge is 1.00 e. The molecule has 0 aromatic carbocycles. The molecule has 4 heavy (non-hydrogen) atoms. The van der Waals surface area contributed by atoms with E-state index in [0.29, 0.717) is 0 Å². The molecular formula is HgI2Na. The Morgan fingerprint density at radius 1 is 0.750 bits per heavy atom. The van der Waals surface area contributed by atoms with Crippen LogP contribution in [0.15, 0.2) is 0 Å². The van der Waals surface area contributed by atoms with Crippen LogP contribution in [-0.4, -0.2) is 0 Å². The second-order valence-corrected chi connectivity index (χ2v) is 0. The third kappa shape index (κ3) is 9.04. The first-order valence-corrected chi connectivity index (χ1v) is 0. The van der Waals surface area contributed by atoms with Gasteiger partial charge in [-0.2, -0.15) is 0 Å². The van der Waals surface area contributed by atoms with Gasteiger partial charge in [-0.15, -0.1) is 0 Å². The topological polar surface area (TPSA) is 0 Å². The zero-order chi connectivity index (χ0) is 0. The summed E-state index contributed by atoms with van der Waals surface area (Å²) in [4.78, 5) is 0. The first-order chi connectivity index (χ1) is 0. The maximum atomic E-state index is 0. The van der Waals surface area contributed by atoms with Crippen molar-refractivity contribution in [3.8, 4) is 0 Å². The summed E-state index contributed by atoms with van der Waals surface area (Å²) < 4.78 is 0. The molecule has 0 aliphatic rings. The van der Waals surface area contributed by atoms with Crippen molar-refractivity contribution in [2.24, 2.45) is 0 Å². The summed E-state index contributed by atoms with van der Waals surface area (Å²) in [5.74, 6) is 0. The van der Waals surface area contributed by atoms with E-state index in [0.717, 1.165) is 0 Å². The fourth-order valence-corrected chi connectivity index (χ4v) is 0. The van der Waals surface area contributed by atoms with Crippen LogP contribution in [0.5, 0.6) is 0 Å². The molecule has 0 bridgehead atoms. The molecule has 0 saturated heterocycles. The van der Waals surface area contributed by atoms with E-state index in [-0.39, 0.29) is 105 Å². The minimum absolute atomic E-state index is 0. The first kappa shape index (κ1) is 26.2. The molecule has 0 amide bonds. The van der Waals surface area contributed by atoms with Gasteiger partial charge in [0, 0.05) is 0 Å². The van der Waals surface area contributed by atoms with E-state index >= 15 is 0 Å². The van der Waals surface area contributed by atoms with E-state index in [2.05, 4.69) is 0 Å². The van der Waals surface area contributed by atoms with E-state index in [4.69, 9.17) is 0 Å². The molecule has 0 atom stereocenters. The summed E-state index contributed by atoms with van der Waals surface area (Å²) in [7, 11) is 0. The molecule has 0 unspecified atom stereocenters. The van der Waals surface area contributed by atoms with Crippen molar-refractivity contribution in [1.29, 1.82) is 0 Å². The Hall–Kier alpha value is 3.40. The quantitative estimate of drug-likeness (QED) is 0.240. The average Bonchev–Trinajstić information content (AvgIpc) is 0. The Morgan fingerprint density at radius 3 is 0.750 bits per heavy atom. The molecule has 1 radical (unpaired) electrons. The minimum atomic E-state index is 0. The van der Waals surface area contributed by atoms with Crippen LogP contribution in [0.25, 0.3) is 0 Å². The third-order valence-electron chi connectivity index (χ3n) is 0. The number of halogens is 2. The van der Waals surface area contributed by atoms with Crippen molar-refractivity contribution in [1.82, 2.24) is 0 Å². The summed E-state index contributed by atoms with van der Waals surface area (Å²) in [5, 5.41) is 0. The molecule has 0 nitrogen and oxygen atoms in total. The van der Waals surface area contributed by atoms with Gasteiger partial charge in [0.2, 0.25) is 0 Å². The van der Waals surface area contributed by atoms with Gasteiger partial charge in [0.1, 0.15) is 0 Å². The van der Waals surface area contributed by atoms with E-state index < -0.39 is 0 Å². The molecule has 0 spiro atoms. The summed E-state index contributed by atoms with van der Waals surface area (Å²) in [6, 6.07) is 0. The predicted octanol–water partition coefficient (Wildman–Crippen LogP) is -8.99. The molecule has 0 saturated carbocycles. The van der Waals surface area contributed by atoms with Crippen LogP contribution >= 0.6 is 0 Å². The summed E-state index contributed by atoms with van der Waals surface area (Å²) >= 11 is 0. The molecule has 0 aliphatic heterocycles. The smallest absolute Gasteiger partial charge is 1.00 e. The molecule has 17 valence electrons. The van der Waals surface area contributed by atoms with Gasteiger partial charge < -0.3 is 48.0 Å². The van der Waals surface area contributed by atoms with Crippen molar-refractivity contribution in [2.45, 2.75) is 0 Å². The molecule has 0 heterocycles. The number of rotatable bonds is 0. The Kier molecular flexibility index (Phi) is 106. The Labute approximate surface area is 103 Å². The molecule has 0 aromatic rings. The average molecular weight is 477 g/mol. The fraction of sp³-hybridized carbons (Fsp3) is 0. The monoisotopic (exact) mass is 479 g/mol. The summed E-state index contributed by atoms with van der Waals surface area (Å²) in [6.45, 7) is 0. The van der Waals surface area contributed by atoms with E-state index in [1.165, 1.54) is 0 Å². The van der Waals surface area contributed by atoms with Gasteiger partial charge in [-0.1, -0.05) is 0 Å². The van der Waals surface area contributed by atoms with Crippen molar-refractivity contribution in [3.63, 3.8) is 0 Å². The molecule has 0 N–H and O–H groups in total. The second-order valence-electron chi connectivity index (χ2n) is 0. The number of hydrogen-bond acceptors (Lipinski definition) is 0. The zero-order valence-corrected chi connectivity index (χ0v) is 14.3. The van der Waals surface area contributed by atoms with Gasteiger partial charge in [0.05, 0.1) is 0 Å². The molecule has 0 aliphatic carbocycles. The van der Waals surface area contributed by atoms with Gasteiger partial charge in [-0.05, 0) is 0 Å².